The van der Waals surface area contributed by atoms with Gasteiger partial charge in [0.15, 0.2) is 0 Å². The summed E-state index contributed by atoms with van der Waals surface area (Å²) in [6.07, 6.45) is 5.48. The lowest BCUT2D eigenvalue weighted by Gasteiger charge is -2.36. The number of aliphatic hydroxyl groups is 3. The van der Waals surface area contributed by atoms with Crippen LogP contribution in [-0.2, 0) is 25.7 Å². The van der Waals surface area contributed by atoms with Crippen LogP contribution < -0.4 is 0 Å². The molecule has 2 aliphatic rings. The monoisotopic (exact) mass is 571 g/mol. The summed E-state index contributed by atoms with van der Waals surface area (Å²) in [5, 5.41) is 32.4. The number of esters is 1. The average molecular weight is 572 g/mol. The predicted molar refractivity (Wildman–Crippen MR) is 152 cm³/mol. The van der Waals surface area contributed by atoms with Crippen LogP contribution in [0.4, 0.5) is 0 Å². The SMILES string of the molecule is C#CCC[C@H]1C(=O)C(C)(C)[C@@H](O)CC(=O)O[C@H](c2ccc3sc(CO)nc3c2)C[C@@H]2O[C@]2(C)CCC[C@H](C)[C@@H]1O. The van der Waals surface area contributed by atoms with Crippen molar-refractivity contribution in [2.45, 2.75) is 109 Å². The highest BCUT2D eigenvalue weighted by molar-refractivity contribution is 7.18. The van der Waals surface area contributed by atoms with Gasteiger partial charge in [0.2, 0.25) is 0 Å². The maximum atomic E-state index is 13.7. The number of carbonyl (C=O) groups is 2. The van der Waals surface area contributed by atoms with Gasteiger partial charge in [-0.1, -0.05) is 33.3 Å². The first-order valence-corrected chi connectivity index (χ1v) is 14.9. The van der Waals surface area contributed by atoms with Gasteiger partial charge in [0.25, 0.3) is 0 Å². The molecule has 8 nitrogen and oxygen atoms in total. The quantitative estimate of drug-likeness (QED) is 0.278. The second-order valence-electron chi connectivity index (χ2n) is 12.1. The number of hydrogen-bond acceptors (Lipinski definition) is 9. The summed E-state index contributed by atoms with van der Waals surface area (Å²) in [5.41, 5.74) is -0.206. The fourth-order valence-electron chi connectivity index (χ4n) is 5.82. The summed E-state index contributed by atoms with van der Waals surface area (Å²) in [6, 6.07) is 5.66. The second-order valence-corrected chi connectivity index (χ2v) is 13.3. The Morgan fingerprint density at radius 2 is 1.98 bits per heavy atom. The number of thiazole rings is 1. The van der Waals surface area contributed by atoms with Crippen molar-refractivity contribution in [3.05, 3.63) is 28.8 Å². The van der Waals surface area contributed by atoms with Gasteiger partial charge in [0.05, 0.1) is 52.6 Å². The van der Waals surface area contributed by atoms with Crippen LogP contribution in [0.3, 0.4) is 0 Å². The molecule has 9 heteroatoms. The van der Waals surface area contributed by atoms with Gasteiger partial charge < -0.3 is 24.8 Å². The molecular formula is C31H41NO7S. The first-order valence-electron chi connectivity index (χ1n) is 14.1. The van der Waals surface area contributed by atoms with E-state index in [0.717, 1.165) is 23.1 Å². The van der Waals surface area contributed by atoms with E-state index in [1.165, 1.54) is 11.3 Å². The normalized spacial score (nSPS) is 33.6. The van der Waals surface area contributed by atoms with Crippen LogP contribution in [0.25, 0.3) is 10.2 Å². The van der Waals surface area contributed by atoms with Crippen molar-refractivity contribution < 1.29 is 34.4 Å². The molecule has 1 aromatic heterocycles. The van der Waals surface area contributed by atoms with Gasteiger partial charge in [-0.25, -0.2) is 4.98 Å². The van der Waals surface area contributed by atoms with Crippen molar-refractivity contribution in [1.82, 2.24) is 4.98 Å². The van der Waals surface area contributed by atoms with Crippen LogP contribution >= 0.6 is 11.3 Å². The van der Waals surface area contributed by atoms with E-state index in [4.69, 9.17) is 15.9 Å². The maximum Gasteiger partial charge on any atom is 0.309 e. The van der Waals surface area contributed by atoms with Crippen molar-refractivity contribution in [1.29, 1.82) is 0 Å². The van der Waals surface area contributed by atoms with Crippen molar-refractivity contribution in [2.75, 3.05) is 0 Å². The highest BCUT2D eigenvalue weighted by Gasteiger charge is 2.53. The van der Waals surface area contributed by atoms with E-state index in [1.807, 2.05) is 32.0 Å². The van der Waals surface area contributed by atoms with Gasteiger partial charge in [-0.3, -0.25) is 9.59 Å². The lowest BCUT2D eigenvalue weighted by Crippen LogP contribution is -2.46. The number of benzene rings is 1. The molecule has 0 aliphatic carbocycles. The number of epoxide rings is 1. The van der Waals surface area contributed by atoms with Crippen LogP contribution in [0.1, 0.15) is 89.3 Å². The highest BCUT2D eigenvalue weighted by Crippen LogP contribution is 2.47. The number of rotatable bonds is 4. The zero-order chi connectivity index (χ0) is 29.2. The molecule has 218 valence electrons. The zero-order valence-corrected chi connectivity index (χ0v) is 24.6. The van der Waals surface area contributed by atoms with E-state index in [2.05, 4.69) is 10.9 Å². The van der Waals surface area contributed by atoms with Gasteiger partial charge in [0.1, 0.15) is 16.9 Å². The molecule has 3 N–H and O–H groups in total. The Kier molecular flexibility index (Phi) is 9.38. The molecule has 0 spiro atoms. The number of hydrogen-bond donors (Lipinski definition) is 3. The van der Waals surface area contributed by atoms with E-state index in [9.17, 15) is 24.9 Å². The smallest absolute Gasteiger partial charge is 0.309 e. The number of fused-ring (bicyclic) bond motifs is 2. The molecule has 4 rings (SSSR count). The number of carbonyl (C=O) groups excluding carboxylic acids is 2. The molecule has 0 unspecified atom stereocenters. The lowest BCUT2D eigenvalue weighted by molar-refractivity contribution is -0.156. The summed E-state index contributed by atoms with van der Waals surface area (Å²) in [5.74, 6) is 0.718. The molecule has 0 bridgehead atoms. The Balaban J connectivity index is 1.63. The standard InChI is InChI=1S/C31H41NO7S/c1-6-7-10-20-28(36)18(2)9-8-13-31(5)25(39-31)15-22(38-27(35)16-24(34)30(3,4)29(20)37)19-11-12-23-21(14-19)32-26(17-33)40-23/h1,11-12,14,18,20,22,24-25,28,33-34,36H,7-10,13,15-17H2,2-5H3/t18-,20+,22-,24-,25-,28-,31+/m0/s1. The zero-order valence-electron chi connectivity index (χ0n) is 23.8. The molecule has 0 radical (unpaired) electrons. The average Bonchev–Trinajstić information content (AvgIpc) is 3.35. The number of ether oxygens (including phenoxy) is 2. The summed E-state index contributed by atoms with van der Waals surface area (Å²) in [4.78, 5) is 31.4. The fourth-order valence-corrected chi connectivity index (χ4v) is 6.62. The molecule has 3 heterocycles. The van der Waals surface area contributed by atoms with E-state index >= 15 is 0 Å². The summed E-state index contributed by atoms with van der Waals surface area (Å²) in [6.45, 7) is 7.04. The van der Waals surface area contributed by atoms with Crippen molar-refractivity contribution in [3.63, 3.8) is 0 Å². The molecule has 0 amide bonds. The molecule has 2 aromatic rings. The molecule has 1 aromatic carbocycles. The van der Waals surface area contributed by atoms with Gasteiger partial charge in [-0.05, 0) is 49.8 Å². The van der Waals surface area contributed by atoms with Crippen molar-refractivity contribution in [3.8, 4) is 12.3 Å². The number of cyclic esters (lactones) is 1. The highest BCUT2D eigenvalue weighted by atomic mass is 32.1. The van der Waals surface area contributed by atoms with Crippen LogP contribution in [0, 0.1) is 29.6 Å². The number of terminal acetylenes is 1. The third-order valence-electron chi connectivity index (χ3n) is 8.79. The van der Waals surface area contributed by atoms with E-state index < -0.39 is 35.6 Å². The summed E-state index contributed by atoms with van der Waals surface area (Å²) < 4.78 is 13.0. The number of Topliss-reactive ketones (excluding diaryl/α,β-unsaturated/α-hetero) is 1. The van der Waals surface area contributed by atoms with Crippen LogP contribution in [0.5, 0.6) is 0 Å². The van der Waals surface area contributed by atoms with E-state index in [1.54, 1.807) is 13.8 Å². The van der Waals surface area contributed by atoms with Crippen LogP contribution in [0.15, 0.2) is 18.2 Å². The topological polar surface area (TPSA) is 129 Å². The third kappa shape index (κ3) is 6.58. The van der Waals surface area contributed by atoms with Gasteiger partial charge in [-0.15, -0.1) is 23.7 Å². The van der Waals surface area contributed by atoms with E-state index in [-0.39, 0.29) is 36.4 Å². The largest absolute Gasteiger partial charge is 0.457 e. The molecule has 0 saturated carbocycles. The van der Waals surface area contributed by atoms with Gasteiger partial charge in [0, 0.05) is 18.8 Å². The first-order chi connectivity index (χ1) is 18.9. The number of aliphatic hydroxyl groups excluding tert-OH is 3. The van der Waals surface area contributed by atoms with Crippen LogP contribution in [0.2, 0.25) is 0 Å². The minimum atomic E-state index is -1.31. The summed E-state index contributed by atoms with van der Waals surface area (Å²) >= 11 is 1.41. The Morgan fingerprint density at radius 1 is 1.23 bits per heavy atom. The Bertz CT molecular complexity index is 1270. The molecule has 2 aliphatic heterocycles. The minimum absolute atomic E-state index is 0.121. The van der Waals surface area contributed by atoms with Crippen molar-refractivity contribution >= 4 is 33.3 Å². The van der Waals surface area contributed by atoms with Gasteiger partial charge >= 0.3 is 5.97 Å². The lowest BCUT2D eigenvalue weighted by atomic mass is 9.71. The second kappa shape index (κ2) is 12.3. The fraction of sp³-hybridized carbons (Fsp3) is 0.645. The van der Waals surface area contributed by atoms with Crippen LogP contribution in [-0.4, -0.2) is 56.0 Å². The number of aromatic nitrogens is 1. The van der Waals surface area contributed by atoms with Crippen molar-refractivity contribution in [2.24, 2.45) is 17.3 Å². The Labute approximate surface area is 240 Å². The Morgan fingerprint density at radius 3 is 2.67 bits per heavy atom. The summed E-state index contributed by atoms with van der Waals surface area (Å²) in [7, 11) is 0. The molecule has 2 fully saturated rings. The molecule has 7 atom stereocenters. The van der Waals surface area contributed by atoms with E-state index in [0.29, 0.717) is 36.2 Å². The van der Waals surface area contributed by atoms with Gasteiger partial charge in [-0.2, -0.15) is 0 Å². The number of ketones is 1. The molecule has 40 heavy (non-hydrogen) atoms. The first kappa shape index (κ1) is 30.6. The molecular weight excluding hydrogens is 530 g/mol. The minimum Gasteiger partial charge on any atom is -0.457 e. The predicted octanol–water partition coefficient (Wildman–Crippen LogP) is 4.48. The Hall–Kier alpha value is -2.35. The maximum absolute atomic E-state index is 13.7. The number of nitrogens with zero attached hydrogens (tertiary/aromatic N) is 1. The third-order valence-corrected chi connectivity index (χ3v) is 9.81. The molecule has 2 saturated heterocycles.